The molecule has 5 heterocycles. The third-order valence-electron chi connectivity index (χ3n) is 8.96. The maximum atomic E-state index is 16.3. The van der Waals surface area contributed by atoms with Crippen LogP contribution in [0.15, 0.2) is 154 Å². The minimum absolute atomic E-state index is 0.202. The highest BCUT2D eigenvalue weighted by molar-refractivity contribution is 8.10. The standard InChI is InChI=1S/C45H28F6S6/c1-28(26-37(56-39-15-9-25-53-39)34-22-20-31(54-34)18-16-29-10-4-2-5-11-29)40-41(44(48,49)45(50,51)43(40,46)47)33-27-38(57-42(33)36-14-8-24-52-36)35-23-21-32(55-35)19-17-30-12-6-3-7-13-30/h2-27H,1H2. The van der Waals surface area contributed by atoms with Crippen molar-refractivity contribution >= 4 is 103 Å². The summed E-state index contributed by atoms with van der Waals surface area (Å²) in [5.74, 6) is -16.2. The van der Waals surface area contributed by atoms with Gasteiger partial charge in [0.15, 0.2) is 0 Å². The van der Waals surface area contributed by atoms with Crippen LogP contribution in [-0.4, -0.2) is 17.8 Å². The second kappa shape index (κ2) is 16.1. The van der Waals surface area contributed by atoms with E-state index in [0.29, 0.717) is 24.4 Å². The number of allylic oxidation sites excluding steroid dienone is 4. The molecular weight excluding hydrogens is 847 g/mol. The maximum Gasteiger partial charge on any atom is 0.380 e. The number of hydrogen-bond acceptors (Lipinski definition) is 6. The fourth-order valence-electron chi connectivity index (χ4n) is 6.23. The lowest BCUT2D eigenvalue weighted by Gasteiger charge is -2.26. The molecule has 1 aliphatic rings. The second-order valence-corrected chi connectivity index (χ2v) is 19.3. The van der Waals surface area contributed by atoms with Crippen LogP contribution >= 0.6 is 68.4 Å². The van der Waals surface area contributed by atoms with Gasteiger partial charge in [-0.25, -0.2) is 0 Å². The lowest BCUT2D eigenvalue weighted by atomic mass is 9.94. The van der Waals surface area contributed by atoms with Crippen molar-refractivity contribution in [3.05, 3.63) is 181 Å². The summed E-state index contributed by atoms with van der Waals surface area (Å²) >= 11 is 7.69. The average molecular weight is 875 g/mol. The molecule has 0 amide bonds. The predicted octanol–water partition coefficient (Wildman–Crippen LogP) is 16.7. The number of hydrogen-bond donors (Lipinski definition) is 0. The number of thiophene rings is 5. The second-order valence-electron chi connectivity index (χ2n) is 12.8. The minimum atomic E-state index is -5.73. The highest BCUT2D eigenvalue weighted by Gasteiger charge is 2.80. The summed E-state index contributed by atoms with van der Waals surface area (Å²) in [5, 5.41) is 3.57. The Bertz CT molecular complexity index is 2630. The first-order valence-electron chi connectivity index (χ1n) is 17.3. The van der Waals surface area contributed by atoms with Crippen LogP contribution in [0.5, 0.6) is 0 Å². The zero-order valence-corrected chi connectivity index (χ0v) is 34.3. The van der Waals surface area contributed by atoms with Gasteiger partial charge in [-0.1, -0.05) is 103 Å². The van der Waals surface area contributed by atoms with E-state index in [0.717, 1.165) is 36.4 Å². The molecule has 0 atom stereocenters. The Kier molecular flexibility index (Phi) is 11.1. The van der Waals surface area contributed by atoms with E-state index in [4.69, 9.17) is 0 Å². The monoisotopic (exact) mass is 874 g/mol. The number of alkyl halides is 6. The van der Waals surface area contributed by atoms with Gasteiger partial charge in [0.25, 0.3) is 0 Å². The van der Waals surface area contributed by atoms with Crippen molar-refractivity contribution in [2.45, 2.75) is 22.0 Å². The molecule has 57 heavy (non-hydrogen) atoms. The highest BCUT2D eigenvalue weighted by Crippen LogP contribution is 2.65. The van der Waals surface area contributed by atoms with Crippen LogP contribution in [0, 0.1) is 0 Å². The van der Waals surface area contributed by atoms with Gasteiger partial charge in [-0.05, 0) is 88.2 Å². The molecule has 0 unspecified atom stereocenters. The van der Waals surface area contributed by atoms with E-state index >= 15 is 26.3 Å². The first kappa shape index (κ1) is 39.4. The molecule has 0 saturated carbocycles. The third kappa shape index (κ3) is 7.79. The molecule has 2 aromatic carbocycles. The van der Waals surface area contributed by atoms with Gasteiger partial charge in [-0.2, -0.15) is 26.3 Å². The Morgan fingerprint density at radius 2 is 1.21 bits per heavy atom. The van der Waals surface area contributed by atoms with Gasteiger partial charge in [0.05, 0.1) is 9.09 Å². The van der Waals surface area contributed by atoms with Gasteiger partial charge >= 0.3 is 17.8 Å². The van der Waals surface area contributed by atoms with Crippen molar-refractivity contribution in [2.24, 2.45) is 0 Å². The van der Waals surface area contributed by atoms with E-state index < -0.39 is 34.5 Å². The molecule has 0 bridgehead atoms. The lowest BCUT2D eigenvalue weighted by molar-refractivity contribution is -0.259. The summed E-state index contributed by atoms with van der Waals surface area (Å²) < 4.78 is 97.2. The van der Waals surface area contributed by atoms with Crippen LogP contribution in [0.4, 0.5) is 26.3 Å². The van der Waals surface area contributed by atoms with E-state index in [1.54, 1.807) is 23.6 Å². The van der Waals surface area contributed by atoms with Crippen molar-refractivity contribution < 1.29 is 26.3 Å². The van der Waals surface area contributed by atoms with Crippen molar-refractivity contribution in [3.8, 4) is 19.5 Å². The molecule has 8 rings (SSSR count). The van der Waals surface area contributed by atoms with Crippen molar-refractivity contribution in [3.63, 3.8) is 0 Å². The van der Waals surface area contributed by atoms with E-state index in [2.05, 4.69) is 6.58 Å². The van der Waals surface area contributed by atoms with Crippen LogP contribution < -0.4 is 0 Å². The zero-order valence-electron chi connectivity index (χ0n) is 29.4. The topological polar surface area (TPSA) is 0 Å². The molecule has 0 spiro atoms. The van der Waals surface area contributed by atoms with E-state index in [-0.39, 0.29) is 10.4 Å². The lowest BCUT2D eigenvalue weighted by Crippen LogP contribution is -2.49. The molecule has 5 aromatic heterocycles. The Labute approximate surface area is 349 Å². The molecule has 7 aromatic rings. The molecule has 0 radical (unpaired) electrons. The maximum absolute atomic E-state index is 16.3. The fraction of sp³-hybridized carbons (Fsp3) is 0.0667. The molecule has 0 fully saturated rings. The van der Waals surface area contributed by atoms with Gasteiger partial charge in [-0.3, -0.25) is 0 Å². The summed E-state index contributed by atoms with van der Waals surface area (Å²) in [6.07, 6.45) is 8.95. The Morgan fingerprint density at radius 1 is 0.579 bits per heavy atom. The molecule has 12 heteroatoms. The summed E-state index contributed by atoms with van der Waals surface area (Å²) in [7, 11) is 0. The first-order chi connectivity index (χ1) is 27.4. The Balaban J connectivity index is 1.24. The zero-order chi connectivity index (χ0) is 39.8. The molecule has 0 aliphatic heterocycles. The van der Waals surface area contributed by atoms with Crippen LogP contribution in [0.25, 0.3) is 54.3 Å². The largest absolute Gasteiger partial charge is 0.380 e. The van der Waals surface area contributed by atoms with Gasteiger partial charge < -0.3 is 0 Å². The van der Waals surface area contributed by atoms with Gasteiger partial charge in [0.1, 0.15) is 0 Å². The Morgan fingerprint density at radius 3 is 1.84 bits per heavy atom. The van der Waals surface area contributed by atoms with Gasteiger partial charge in [-0.15, -0.1) is 56.7 Å². The first-order valence-corrected chi connectivity index (χ1v) is 22.3. The van der Waals surface area contributed by atoms with Crippen molar-refractivity contribution in [1.29, 1.82) is 0 Å². The summed E-state index contributed by atoms with van der Waals surface area (Å²) in [6.45, 7) is 3.82. The number of rotatable bonds is 12. The predicted molar refractivity (Wildman–Crippen MR) is 235 cm³/mol. The molecule has 1 aliphatic carbocycles. The third-order valence-corrected chi connectivity index (χ3v) is 15.7. The molecule has 286 valence electrons. The molecule has 0 N–H and O–H groups in total. The molecular formula is C45H28F6S6. The smallest absolute Gasteiger partial charge is 0.194 e. The summed E-state index contributed by atoms with van der Waals surface area (Å²) in [4.78, 5) is 4.63. The average Bonchev–Trinajstić information content (AvgIpc) is 4.06. The van der Waals surface area contributed by atoms with E-state index in [1.807, 2.05) is 121 Å². The van der Waals surface area contributed by atoms with E-state index in [9.17, 15) is 0 Å². The SMILES string of the molecule is C=C(C=C(Sc1cccs1)c1ccc(C=Cc2ccccc2)s1)C1=C(c2cc(-c3ccc(C=Cc4ccccc4)s3)sc2-c2cccs2)C(F)(F)C(F)(F)C1(F)F. The quantitative estimate of drug-likeness (QED) is 0.0670. The van der Waals surface area contributed by atoms with Crippen LogP contribution in [-0.2, 0) is 0 Å². The fourth-order valence-corrected chi connectivity index (χ4v) is 12.1. The number of thioether (sulfide) groups is 1. The number of benzene rings is 2. The minimum Gasteiger partial charge on any atom is -0.194 e. The highest BCUT2D eigenvalue weighted by atomic mass is 32.2. The van der Waals surface area contributed by atoms with Crippen LogP contribution in [0.3, 0.4) is 0 Å². The van der Waals surface area contributed by atoms with Gasteiger partial charge in [0.2, 0.25) is 0 Å². The normalized spacial score (nSPS) is 16.4. The Hall–Kier alpha value is -4.43. The molecule has 0 saturated heterocycles. The summed E-state index contributed by atoms with van der Waals surface area (Å²) in [6, 6.07) is 35.0. The number of halogens is 6. The van der Waals surface area contributed by atoms with Crippen molar-refractivity contribution in [1.82, 2.24) is 0 Å². The summed E-state index contributed by atoms with van der Waals surface area (Å²) in [5.41, 5.74) is -1.90. The van der Waals surface area contributed by atoms with Crippen LogP contribution in [0.2, 0.25) is 0 Å². The van der Waals surface area contributed by atoms with E-state index in [1.165, 1.54) is 69.3 Å². The van der Waals surface area contributed by atoms with Crippen molar-refractivity contribution in [2.75, 3.05) is 0 Å². The van der Waals surface area contributed by atoms with Crippen LogP contribution in [0.1, 0.15) is 31.3 Å². The molecule has 0 nitrogen and oxygen atoms in total. The van der Waals surface area contributed by atoms with Gasteiger partial charge in [0, 0.05) is 50.9 Å².